The van der Waals surface area contributed by atoms with Gasteiger partial charge in [-0.2, -0.15) is 0 Å². The molecule has 8 heteroatoms. The molecule has 1 aromatic carbocycles. The minimum absolute atomic E-state index is 0.0152. The summed E-state index contributed by atoms with van der Waals surface area (Å²) in [6.45, 7) is 1.82. The van der Waals surface area contributed by atoms with Crippen molar-refractivity contribution in [3.05, 3.63) is 28.9 Å². The van der Waals surface area contributed by atoms with Gasteiger partial charge in [-0.15, -0.1) is 0 Å². The summed E-state index contributed by atoms with van der Waals surface area (Å²) in [7, 11) is 0. The number of carbonyl (C=O) groups is 2. The number of fused-ring (bicyclic) bond motifs is 1. The first kappa shape index (κ1) is 16.9. The van der Waals surface area contributed by atoms with Crippen LogP contribution in [0.3, 0.4) is 0 Å². The Labute approximate surface area is 160 Å². The molecule has 0 atom stereocenters. The van der Waals surface area contributed by atoms with Crippen LogP contribution in [0.2, 0.25) is 5.02 Å². The molecule has 5 rings (SSSR count). The van der Waals surface area contributed by atoms with Crippen LogP contribution in [-0.4, -0.2) is 47.3 Å². The zero-order chi connectivity index (χ0) is 18.6. The van der Waals surface area contributed by atoms with E-state index in [0.717, 1.165) is 37.0 Å². The van der Waals surface area contributed by atoms with Gasteiger partial charge in [0.25, 0.3) is 0 Å². The highest BCUT2D eigenvalue weighted by Gasteiger charge is 2.53. The standard InChI is InChI=1S/C19H20ClN3O4/c20-13-1-2-14-15(7-13)27-22-16(14)11-3-5-23(6-4-11)17(24)12-8-19(9-12)10-26-18(25)21-19/h1-2,7,11-12H,3-6,8-10H2,(H,21,25)/t12-,19+. The van der Waals surface area contributed by atoms with Gasteiger partial charge in [0.05, 0.1) is 11.2 Å². The molecule has 0 bridgehead atoms. The number of hydrogen-bond donors (Lipinski definition) is 1. The molecule has 1 spiro atoms. The SMILES string of the molecule is O=C1N[C@]2(CO1)C[C@H](C(=O)N1CCC(c3noc4cc(Cl)ccc34)CC1)C2. The van der Waals surface area contributed by atoms with Crippen LogP contribution in [0.15, 0.2) is 22.7 Å². The molecule has 3 fully saturated rings. The van der Waals surface area contributed by atoms with E-state index >= 15 is 0 Å². The normalized spacial score (nSPS) is 28.3. The summed E-state index contributed by atoms with van der Waals surface area (Å²) < 4.78 is 10.4. The monoisotopic (exact) mass is 389 g/mol. The van der Waals surface area contributed by atoms with Crippen LogP contribution in [0.25, 0.3) is 11.0 Å². The number of piperidine rings is 1. The van der Waals surface area contributed by atoms with Crippen molar-refractivity contribution >= 4 is 34.6 Å². The number of aromatic nitrogens is 1. The van der Waals surface area contributed by atoms with Crippen molar-refractivity contribution in [1.29, 1.82) is 0 Å². The summed E-state index contributed by atoms with van der Waals surface area (Å²) in [5.41, 5.74) is 1.36. The zero-order valence-electron chi connectivity index (χ0n) is 14.7. The molecule has 2 saturated heterocycles. The van der Waals surface area contributed by atoms with E-state index in [-0.39, 0.29) is 29.4 Å². The van der Waals surface area contributed by atoms with Gasteiger partial charge in [0.2, 0.25) is 5.91 Å². The molecular formula is C19H20ClN3O4. The van der Waals surface area contributed by atoms with Crippen LogP contribution in [0, 0.1) is 5.92 Å². The number of nitrogens with zero attached hydrogens (tertiary/aromatic N) is 2. The lowest BCUT2D eigenvalue weighted by molar-refractivity contribution is -0.142. The van der Waals surface area contributed by atoms with Gasteiger partial charge in [-0.1, -0.05) is 16.8 Å². The van der Waals surface area contributed by atoms with Crippen LogP contribution >= 0.6 is 11.6 Å². The molecule has 2 aromatic rings. The summed E-state index contributed by atoms with van der Waals surface area (Å²) in [5.74, 6) is 0.460. The lowest BCUT2D eigenvalue weighted by atomic mass is 9.68. The Hall–Kier alpha value is -2.28. The summed E-state index contributed by atoms with van der Waals surface area (Å²) in [6.07, 6.45) is 2.71. The van der Waals surface area contributed by atoms with Gasteiger partial charge >= 0.3 is 6.09 Å². The lowest BCUT2D eigenvalue weighted by Crippen LogP contribution is -2.58. The van der Waals surface area contributed by atoms with E-state index < -0.39 is 0 Å². The number of likely N-dealkylation sites (tertiary alicyclic amines) is 1. The van der Waals surface area contributed by atoms with Crippen molar-refractivity contribution in [2.45, 2.75) is 37.1 Å². The number of amides is 2. The quantitative estimate of drug-likeness (QED) is 0.853. The maximum absolute atomic E-state index is 12.8. The third kappa shape index (κ3) is 2.84. The molecule has 7 nitrogen and oxygen atoms in total. The Balaban J connectivity index is 1.20. The van der Waals surface area contributed by atoms with Crippen LogP contribution in [0.1, 0.15) is 37.3 Å². The molecule has 3 aliphatic rings. The van der Waals surface area contributed by atoms with Gasteiger partial charge in [-0.05, 0) is 37.8 Å². The van der Waals surface area contributed by atoms with Crippen LogP contribution < -0.4 is 5.32 Å². The van der Waals surface area contributed by atoms with Crippen molar-refractivity contribution in [3.63, 3.8) is 0 Å². The second kappa shape index (κ2) is 6.12. The number of nitrogens with one attached hydrogen (secondary N) is 1. The molecule has 2 amide bonds. The van der Waals surface area contributed by atoms with Gasteiger partial charge in [-0.25, -0.2) is 4.79 Å². The minimum atomic E-state index is -0.372. The second-order valence-corrected chi connectivity index (χ2v) is 8.33. The fourth-order valence-electron chi connectivity index (χ4n) is 4.63. The molecule has 1 aromatic heterocycles. The zero-order valence-corrected chi connectivity index (χ0v) is 15.5. The Kier molecular flexibility index (Phi) is 3.82. The molecule has 2 aliphatic heterocycles. The highest BCUT2D eigenvalue weighted by atomic mass is 35.5. The number of halogens is 1. The first-order chi connectivity index (χ1) is 13.0. The number of cyclic esters (lactones) is 1. The molecule has 142 valence electrons. The van der Waals surface area contributed by atoms with E-state index in [9.17, 15) is 9.59 Å². The lowest BCUT2D eigenvalue weighted by Gasteiger charge is -2.44. The molecular weight excluding hydrogens is 370 g/mol. The van der Waals surface area contributed by atoms with E-state index in [1.807, 2.05) is 17.0 Å². The molecule has 1 N–H and O–H groups in total. The van der Waals surface area contributed by atoms with Crippen LogP contribution in [-0.2, 0) is 9.53 Å². The van der Waals surface area contributed by atoms with Crippen molar-refractivity contribution in [2.75, 3.05) is 19.7 Å². The molecule has 1 aliphatic carbocycles. The molecule has 0 radical (unpaired) electrons. The predicted molar refractivity (Wildman–Crippen MR) is 97.5 cm³/mol. The maximum Gasteiger partial charge on any atom is 0.407 e. The summed E-state index contributed by atoms with van der Waals surface area (Å²) >= 11 is 6.01. The highest BCUT2D eigenvalue weighted by Crippen LogP contribution is 2.42. The Morgan fingerprint density at radius 2 is 2.07 bits per heavy atom. The Bertz CT molecular complexity index is 913. The van der Waals surface area contributed by atoms with Gasteiger partial charge in [0.15, 0.2) is 5.58 Å². The predicted octanol–water partition coefficient (Wildman–Crippen LogP) is 3.08. The van der Waals surface area contributed by atoms with Gasteiger partial charge in [0, 0.05) is 41.4 Å². The number of benzene rings is 1. The molecule has 1 saturated carbocycles. The smallest absolute Gasteiger partial charge is 0.407 e. The molecule has 3 heterocycles. The number of ether oxygens (including phenoxy) is 1. The fraction of sp³-hybridized carbons (Fsp3) is 0.526. The highest BCUT2D eigenvalue weighted by molar-refractivity contribution is 6.31. The van der Waals surface area contributed by atoms with E-state index in [4.69, 9.17) is 20.9 Å². The number of rotatable bonds is 2. The molecule has 0 unspecified atom stereocenters. The summed E-state index contributed by atoms with van der Waals surface area (Å²) in [5, 5.41) is 8.73. The number of hydrogen-bond acceptors (Lipinski definition) is 5. The van der Waals surface area contributed by atoms with E-state index in [2.05, 4.69) is 10.5 Å². The first-order valence-electron chi connectivity index (χ1n) is 9.32. The van der Waals surface area contributed by atoms with Crippen LogP contribution in [0.4, 0.5) is 4.79 Å². The van der Waals surface area contributed by atoms with E-state index in [0.29, 0.717) is 30.1 Å². The summed E-state index contributed by atoms with van der Waals surface area (Å²) in [4.78, 5) is 26.0. The van der Waals surface area contributed by atoms with E-state index in [1.165, 1.54) is 0 Å². The first-order valence-corrected chi connectivity index (χ1v) is 9.69. The van der Waals surface area contributed by atoms with Crippen LogP contribution in [0.5, 0.6) is 0 Å². The van der Waals surface area contributed by atoms with Gasteiger partial charge in [0.1, 0.15) is 6.61 Å². The third-order valence-corrected chi connectivity index (χ3v) is 6.36. The van der Waals surface area contributed by atoms with Crippen molar-refractivity contribution in [3.8, 4) is 0 Å². The van der Waals surface area contributed by atoms with E-state index in [1.54, 1.807) is 6.07 Å². The topological polar surface area (TPSA) is 84.7 Å². The van der Waals surface area contributed by atoms with Crippen molar-refractivity contribution < 1.29 is 18.8 Å². The second-order valence-electron chi connectivity index (χ2n) is 7.89. The maximum atomic E-state index is 12.8. The summed E-state index contributed by atoms with van der Waals surface area (Å²) in [6, 6.07) is 5.58. The third-order valence-electron chi connectivity index (χ3n) is 6.13. The van der Waals surface area contributed by atoms with Gasteiger partial charge in [-0.3, -0.25) is 4.79 Å². The fourth-order valence-corrected chi connectivity index (χ4v) is 4.79. The largest absolute Gasteiger partial charge is 0.447 e. The minimum Gasteiger partial charge on any atom is -0.447 e. The Morgan fingerprint density at radius 1 is 1.30 bits per heavy atom. The Morgan fingerprint density at radius 3 is 2.78 bits per heavy atom. The van der Waals surface area contributed by atoms with Gasteiger partial charge < -0.3 is 19.5 Å². The molecule has 27 heavy (non-hydrogen) atoms. The van der Waals surface area contributed by atoms with Crippen molar-refractivity contribution in [1.82, 2.24) is 15.4 Å². The number of alkyl carbamates (subject to hydrolysis) is 1. The van der Waals surface area contributed by atoms with Crippen molar-refractivity contribution in [2.24, 2.45) is 5.92 Å². The average Bonchev–Trinajstić information content (AvgIpc) is 3.23. The average molecular weight is 390 g/mol. The number of carbonyl (C=O) groups excluding carboxylic acids is 2.